The molecule has 0 aliphatic heterocycles. The van der Waals surface area contributed by atoms with Crippen LogP contribution in [0.2, 0.25) is 0 Å². The number of carbonyl (C=O) groups excluding carboxylic acids is 2. The Morgan fingerprint density at radius 2 is 1.96 bits per heavy atom. The van der Waals surface area contributed by atoms with Crippen LogP contribution in [0.25, 0.3) is 0 Å². The molecule has 3 nitrogen and oxygen atoms in total. The number of carbonyl (C=O) groups is 2. The number of esters is 1. The predicted molar refractivity (Wildman–Crippen MR) is 101 cm³/mol. The van der Waals surface area contributed by atoms with Gasteiger partial charge in [-0.2, -0.15) is 0 Å². The summed E-state index contributed by atoms with van der Waals surface area (Å²) in [4.78, 5) is 23.4. The lowest BCUT2D eigenvalue weighted by Crippen LogP contribution is -2.47. The largest absolute Gasteiger partial charge is 0.463 e. The van der Waals surface area contributed by atoms with E-state index in [-0.39, 0.29) is 22.9 Å². The van der Waals surface area contributed by atoms with Crippen LogP contribution >= 0.6 is 0 Å². The molecule has 1 unspecified atom stereocenters. The lowest BCUT2D eigenvalue weighted by Gasteiger charge is -2.54. The van der Waals surface area contributed by atoms with Crippen molar-refractivity contribution in [1.29, 1.82) is 0 Å². The Bertz CT molecular complexity index is 702. The number of ether oxygens (including phenoxy) is 1. The molecule has 0 amide bonds. The molecule has 0 spiro atoms. The topological polar surface area (TPSA) is 43.4 Å². The highest BCUT2D eigenvalue weighted by atomic mass is 16.5. The van der Waals surface area contributed by atoms with E-state index in [4.69, 9.17) is 4.74 Å². The zero-order valence-electron chi connectivity index (χ0n) is 16.6. The molecule has 4 aliphatic carbocycles. The van der Waals surface area contributed by atoms with Gasteiger partial charge in [0.05, 0.1) is 0 Å². The van der Waals surface area contributed by atoms with Crippen molar-refractivity contribution in [2.75, 3.05) is 0 Å². The second-order valence-corrected chi connectivity index (χ2v) is 9.61. The number of hydrogen-bond acceptors (Lipinski definition) is 3. The first kappa shape index (κ1) is 18.0. The number of ketones is 1. The van der Waals surface area contributed by atoms with Gasteiger partial charge in [0.1, 0.15) is 6.10 Å². The third kappa shape index (κ3) is 2.53. The molecule has 2 fully saturated rings. The van der Waals surface area contributed by atoms with Crippen molar-refractivity contribution in [3.63, 3.8) is 0 Å². The molecule has 6 atom stereocenters. The fraction of sp³-hybridized carbons (Fsp3) is 0.739. The molecule has 0 aromatic rings. The molecular weight excluding hydrogens is 324 g/mol. The summed E-state index contributed by atoms with van der Waals surface area (Å²) in [5.74, 6) is 1.81. The first-order chi connectivity index (χ1) is 12.3. The van der Waals surface area contributed by atoms with E-state index < -0.39 is 0 Å². The van der Waals surface area contributed by atoms with Crippen molar-refractivity contribution in [2.24, 2.45) is 28.6 Å². The minimum absolute atomic E-state index is 0.00147. The molecule has 0 aromatic carbocycles. The normalized spacial score (nSPS) is 42.8. The van der Waals surface area contributed by atoms with Gasteiger partial charge >= 0.3 is 5.97 Å². The van der Waals surface area contributed by atoms with Crippen LogP contribution in [-0.2, 0) is 14.3 Å². The van der Waals surface area contributed by atoms with Crippen LogP contribution in [0.3, 0.4) is 0 Å². The minimum Gasteiger partial charge on any atom is -0.463 e. The zero-order valence-corrected chi connectivity index (χ0v) is 16.6. The first-order valence-corrected chi connectivity index (χ1v) is 10.4. The van der Waals surface area contributed by atoms with Crippen LogP contribution in [0, 0.1) is 28.6 Å². The molecule has 0 radical (unpaired) electrons. The quantitative estimate of drug-likeness (QED) is 0.516. The molecule has 0 heterocycles. The highest BCUT2D eigenvalue weighted by Gasteiger charge is 2.57. The average molecular weight is 357 g/mol. The van der Waals surface area contributed by atoms with Crippen molar-refractivity contribution in [3.05, 3.63) is 23.3 Å². The summed E-state index contributed by atoms with van der Waals surface area (Å²) in [5, 5.41) is 0. The Morgan fingerprint density at radius 1 is 1.19 bits per heavy atom. The van der Waals surface area contributed by atoms with Crippen molar-refractivity contribution in [2.45, 2.75) is 78.7 Å². The monoisotopic (exact) mass is 356 g/mol. The average Bonchev–Trinajstić information content (AvgIpc) is 2.92. The summed E-state index contributed by atoms with van der Waals surface area (Å²) in [6.45, 7) is 8.44. The summed E-state index contributed by atoms with van der Waals surface area (Å²) in [7, 11) is 0. The lowest BCUT2D eigenvalue weighted by atomic mass is 9.50. The maximum atomic E-state index is 11.9. The highest BCUT2D eigenvalue weighted by Crippen LogP contribution is 2.65. The van der Waals surface area contributed by atoms with Gasteiger partial charge in [-0.05, 0) is 74.2 Å². The SMILES string of the molecule is CC(=O)OC(C)[C@H]1CC[C@H]2C3=CCC4=CC(=O)CC[C@]4(C)[C@H]3CC[C@]12C. The Morgan fingerprint density at radius 3 is 2.69 bits per heavy atom. The molecule has 26 heavy (non-hydrogen) atoms. The molecule has 0 N–H and O–H groups in total. The number of rotatable bonds is 2. The highest BCUT2D eigenvalue weighted by molar-refractivity contribution is 5.91. The summed E-state index contributed by atoms with van der Waals surface area (Å²) in [5.41, 5.74) is 3.44. The van der Waals surface area contributed by atoms with Crippen LogP contribution in [0.4, 0.5) is 0 Å². The number of fused-ring (bicyclic) bond motifs is 5. The van der Waals surface area contributed by atoms with E-state index in [1.54, 1.807) is 5.57 Å². The molecule has 3 heteroatoms. The van der Waals surface area contributed by atoms with Crippen LogP contribution in [-0.4, -0.2) is 17.9 Å². The van der Waals surface area contributed by atoms with Crippen molar-refractivity contribution in [1.82, 2.24) is 0 Å². The van der Waals surface area contributed by atoms with E-state index in [2.05, 4.69) is 26.8 Å². The molecule has 0 aromatic heterocycles. The van der Waals surface area contributed by atoms with Gasteiger partial charge in [0.15, 0.2) is 5.78 Å². The number of allylic oxidation sites excluding steroid dienone is 4. The molecule has 0 saturated heterocycles. The second kappa shape index (κ2) is 6.07. The van der Waals surface area contributed by atoms with Crippen molar-refractivity contribution >= 4 is 11.8 Å². The van der Waals surface area contributed by atoms with Crippen LogP contribution < -0.4 is 0 Å². The third-order valence-corrected chi connectivity index (χ3v) is 8.39. The van der Waals surface area contributed by atoms with E-state index in [9.17, 15) is 9.59 Å². The summed E-state index contributed by atoms with van der Waals surface area (Å²) >= 11 is 0. The predicted octanol–water partition coefficient (Wildman–Crippen LogP) is 5.01. The van der Waals surface area contributed by atoms with Crippen molar-refractivity contribution in [3.8, 4) is 0 Å². The van der Waals surface area contributed by atoms with E-state index >= 15 is 0 Å². The maximum Gasteiger partial charge on any atom is 0.302 e. The Labute approximate surface area is 157 Å². The molecule has 4 aliphatic rings. The van der Waals surface area contributed by atoms with E-state index in [0.717, 1.165) is 19.3 Å². The van der Waals surface area contributed by atoms with Gasteiger partial charge in [0.25, 0.3) is 0 Å². The van der Waals surface area contributed by atoms with Gasteiger partial charge in [-0.25, -0.2) is 0 Å². The fourth-order valence-corrected chi connectivity index (χ4v) is 7.01. The molecule has 4 rings (SSSR count). The van der Waals surface area contributed by atoms with Crippen molar-refractivity contribution < 1.29 is 14.3 Å². The lowest BCUT2D eigenvalue weighted by molar-refractivity contribution is -0.150. The standard InChI is InChI=1S/C23H32O3/c1-14(26-15(2)24)19-7-8-20-18-6-5-16-13-17(25)9-11-22(16,3)21(18)10-12-23(19,20)4/h6,13-14,19-21H,5,7-12H2,1-4H3/t14?,19-,20+,21+,22+,23-/m1/s1. The zero-order chi connectivity index (χ0) is 18.7. The van der Waals surface area contributed by atoms with Crippen LogP contribution in [0.1, 0.15) is 72.6 Å². The first-order valence-electron chi connectivity index (χ1n) is 10.4. The van der Waals surface area contributed by atoms with Gasteiger partial charge in [0, 0.05) is 19.3 Å². The van der Waals surface area contributed by atoms with Crippen LogP contribution in [0.15, 0.2) is 23.3 Å². The van der Waals surface area contributed by atoms with E-state index in [0.29, 0.717) is 30.0 Å². The van der Waals surface area contributed by atoms with E-state index in [1.807, 2.05) is 6.08 Å². The fourth-order valence-electron chi connectivity index (χ4n) is 7.01. The Hall–Kier alpha value is -1.38. The molecular formula is C23H32O3. The van der Waals surface area contributed by atoms with Gasteiger partial charge < -0.3 is 4.74 Å². The summed E-state index contributed by atoms with van der Waals surface area (Å²) < 4.78 is 5.60. The summed E-state index contributed by atoms with van der Waals surface area (Å²) in [6, 6.07) is 0. The summed E-state index contributed by atoms with van der Waals surface area (Å²) in [6.07, 6.45) is 11.8. The van der Waals surface area contributed by atoms with Gasteiger partial charge in [-0.15, -0.1) is 0 Å². The van der Waals surface area contributed by atoms with E-state index in [1.165, 1.54) is 31.8 Å². The van der Waals surface area contributed by atoms with Crippen LogP contribution in [0.5, 0.6) is 0 Å². The Kier molecular flexibility index (Phi) is 4.20. The third-order valence-electron chi connectivity index (χ3n) is 8.39. The van der Waals surface area contributed by atoms with Gasteiger partial charge in [0.2, 0.25) is 0 Å². The molecule has 142 valence electrons. The smallest absolute Gasteiger partial charge is 0.302 e. The minimum atomic E-state index is -0.163. The second-order valence-electron chi connectivity index (χ2n) is 9.61. The Balaban J connectivity index is 1.64. The molecule has 0 bridgehead atoms. The number of hydrogen-bond donors (Lipinski definition) is 0. The van der Waals surface area contributed by atoms with Gasteiger partial charge in [-0.3, -0.25) is 9.59 Å². The van der Waals surface area contributed by atoms with Gasteiger partial charge in [-0.1, -0.05) is 31.1 Å². The maximum absolute atomic E-state index is 11.9. The molecule has 2 saturated carbocycles.